The van der Waals surface area contributed by atoms with Crippen LogP contribution >= 0.6 is 0 Å². The summed E-state index contributed by atoms with van der Waals surface area (Å²) in [5.74, 6) is -0.0887. The van der Waals surface area contributed by atoms with E-state index < -0.39 is 0 Å². The number of piperidine rings is 1. The number of aryl methyl sites for hydroxylation is 2. The van der Waals surface area contributed by atoms with Gasteiger partial charge in [-0.15, -0.1) is 0 Å². The topological polar surface area (TPSA) is 68.4 Å². The fourth-order valence-corrected chi connectivity index (χ4v) is 3.97. The molecule has 1 aliphatic rings. The Balaban J connectivity index is 1.45. The van der Waals surface area contributed by atoms with E-state index in [1.54, 1.807) is 0 Å². The van der Waals surface area contributed by atoms with E-state index in [0.717, 1.165) is 37.2 Å². The van der Waals surface area contributed by atoms with Crippen molar-refractivity contribution in [3.8, 4) is 0 Å². The number of nitrogens with zero attached hydrogens (tertiary/aromatic N) is 2. The highest BCUT2D eigenvalue weighted by atomic mass is 16.2. The van der Waals surface area contributed by atoms with E-state index in [-0.39, 0.29) is 17.7 Å². The van der Waals surface area contributed by atoms with Crippen LogP contribution in [0.4, 0.5) is 0 Å². The van der Waals surface area contributed by atoms with Crippen LogP contribution in [-0.2, 0) is 11.3 Å². The molecule has 6 nitrogen and oxygen atoms in total. The summed E-state index contributed by atoms with van der Waals surface area (Å²) >= 11 is 0. The van der Waals surface area contributed by atoms with Crippen molar-refractivity contribution >= 4 is 11.8 Å². The normalized spacial score (nSPS) is 16.8. The molecule has 1 aliphatic heterocycles. The third-order valence-corrected chi connectivity index (χ3v) is 5.53. The van der Waals surface area contributed by atoms with Gasteiger partial charge in [0.2, 0.25) is 5.91 Å². The molecule has 1 unspecified atom stereocenters. The van der Waals surface area contributed by atoms with Crippen LogP contribution in [0.2, 0.25) is 0 Å². The van der Waals surface area contributed by atoms with Gasteiger partial charge in [-0.05, 0) is 50.9 Å². The molecule has 2 heterocycles. The number of hydrogen-bond donors (Lipinski definition) is 2. The Bertz CT molecular complexity index is 831. The molecule has 0 spiro atoms. The van der Waals surface area contributed by atoms with E-state index >= 15 is 0 Å². The van der Waals surface area contributed by atoms with Gasteiger partial charge < -0.3 is 20.1 Å². The van der Waals surface area contributed by atoms with Crippen molar-refractivity contribution in [2.24, 2.45) is 5.92 Å². The SMILES string of the molecule is Cc1cc(C)c(C(=O)N2CCCC(C(=O)NCCN(C)Cc3ccccc3)C2)[nH]1. The summed E-state index contributed by atoms with van der Waals surface area (Å²) in [7, 11) is 2.06. The van der Waals surface area contributed by atoms with Gasteiger partial charge >= 0.3 is 0 Å². The monoisotopic (exact) mass is 396 g/mol. The molecule has 2 N–H and O–H groups in total. The van der Waals surface area contributed by atoms with Crippen molar-refractivity contribution < 1.29 is 9.59 Å². The highest BCUT2D eigenvalue weighted by Crippen LogP contribution is 2.20. The van der Waals surface area contributed by atoms with Crippen LogP contribution in [0.5, 0.6) is 0 Å². The Morgan fingerprint density at radius 1 is 1.24 bits per heavy atom. The summed E-state index contributed by atoms with van der Waals surface area (Å²) in [5, 5.41) is 3.06. The minimum Gasteiger partial charge on any atom is -0.355 e. The van der Waals surface area contributed by atoms with Gasteiger partial charge in [0.25, 0.3) is 5.91 Å². The average Bonchev–Trinajstić information content (AvgIpc) is 3.06. The Morgan fingerprint density at radius 3 is 2.69 bits per heavy atom. The number of likely N-dealkylation sites (tertiary alicyclic amines) is 1. The molecule has 156 valence electrons. The number of hydrogen-bond acceptors (Lipinski definition) is 3. The van der Waals surface area contributed by atoms with Crippen LogP contribution in [0.1, 0.15) is 40.2 Å². The fraction of sp³-hybridized carbons (Fsp3) is 0.478. The second-order valence-electron chi connectivity index (χ2n) is 8.12. The van der Waals surface area contributed by atoms with Crippen LogP contribution in [0.3, 0.4) is 0 Å². The lowest BCUT2D eigenvalue weighted by Crippen LogP contribution is -2.46. The van der Waals surface area contributed by atoms with Gasteiger partial charge in [-0.1, -0.05) is 30.3 Å². The van der Waals surface area contributed by atoms with E-state index in [1.165, 1.54) is 5.56 Å². The second-order valence-corrected chi connectivity index (χ2v) is 8.12. The van der Waals surface area contributed by atoms with E-state index in [0.29, 0.717) is 25.3 Å². The first-order valence-electron chi connectivity index (χ1n) is 10.4. The van der Waals surface area contributed by atoms with Crippen molar-refractivity contribution in [1.82, 2.24) is 20.1 Å². The van der Waals surface area contributed by atoms with Gasteiger partial charge in [-0.3, -0.25) is 9.59 Å². The number of aromatic nitrogens is 1. The maximum atomic E-state index is 12.8. The zero-order chi connectivity index (χ0) is 20.8. The molecular formula is C23H32N4O2. The second kappa shape index (κ2) is 9.74. The summed E-state index contributed by atoms with van der Waals surface area (Å²) in [5.41, 5.74) is 3.85. The first-order chi connectivity index (χ1) is 13.9. The minimum absolute atomic E-state index is 0.00399. The molecular weight excluding hydrogens is 364 g/mol. The number of benzene rings is 1. The molecule has 0 bridgehead atoms. The number of amides is 2. The number of rotatable bonds is 7. The number of carbonyl (C=O) groups excluding carboxylic acids is 2. The van der Waals surface area contributed by atoms with Gasteiger partial charge in [-0.2, -0.15) is 0 Å². The average molecular weight is 397 g/mol. The van der Waals surface area contributed by atoms with Gasteiger partial charge in [0.1, 0.15) is 5.69 Å². The van der Waals surface area contributed by atoms with Gasteiger partial charge in [-0.25, -0.2) is 0 Å². The van der Waals surface area contributed by atoms with E-state index in [4.69, 9.17) is 0 Å². The largest absolute Gasteiger partial charge is 0.355 e. The molecule has 1 atom stereocenters. The highest BCUT2D eigenvalue weighted by Gasteiger charge is 2.29. The maximum absolute atomic E-state index is 12.8. The van der Waals surface area contributed by atoms with Crippen molar-refractivity contribution in [2.75, 3.05) is 33.2 Å². The molecule has 1 aromatic carbocycles. The van der Waals surface area contributed by atoms with Crippen molar-refractivity contribution in [3.63, 3.8) is 0 Å². The predicted molar refractivity (Wildman–Crippen MR) is 115 cm³/mol. The summed E-state index contributed by atoms with van der Waals surface area (Å²) < 4.78 is 0. The smallest absolute Gasteiger partial charge is 0.270 e. The summed E-state index contributed by atoms with van der Waals surface area (Å²) in [6, 6.07) is 12.3. The lowest BCUT2D eigenvalue weighted by atomic mass is 9.96. The molecule has 2 amide bonds. The molecule has 3 rings (SSSR count). The Morgan fingerprint density at radius 2 is 2.00 bits per heavy atom. The zero-order valence-electron chi connectivity index (χ0n) is 17.7. The predicted octanol–water partition coefficient (Wildman–Crippen LogP) is 2.73. The fourth-order valence-electron chi connectivity index (χ4n) is 3.97. The minimum atomic E-state index is -0.136. The van der Waals surface area contributed by atoms with Crippen molar-refractivity contribution in [2.45, 2.75) is 33.2 Å². The molecule has 1 fully saturated rings. The molecule has 0 radical (unpaired) electrons. The van der Waals surface area contributed by atoms with Gasteiger partial charge in [0, 0.05) is 38.4 Å². The lowest BCUT2D eigenvalue weighted by molar-refractivity contribution is -0.126. The van der Waals surface area contributed by atoms with Crippen molar-refractivity contribution in [3.05, 3.63) is 58.9 Å². The van der Waals surface area contributed by atoms with E-state index in [2.05, 4.69) is 34.4 Å². The molecule has 29 heavy (non-hydrogen) atoms. The first-order valence-corrected chi connectivity index (χ1v) is 10.4. The number of H-pyrrole nitrogens is 1. The van der Waals surface area contributed by atoms with Crippen LogP contribution < -0.4 is 5.32 Å². The third kappa shape index (κ3) is 5.70. The van der Waals surface area contributed by atoms with Crippen LogP contribution in [0.15, 0.2) is 36.4 Å². The number of carbonyl (C=O) groups is 2. The maximum Gasteiger partial charge on any atom is 0.270 e. The van der Waals surface area contributed by atoms with Crippen molar-refractivity contribution in [1.29, 1.82) is 0 Å². The van der Waals surface area contributed by atoms with Crippen LogP contribution in [0, 0.1) is 19.8 Å². The molecule has 2 aromatic rings. The van der Waals surface area contributed by atoms with Crippen LogP contribution in [-0.4, -0.2) is 59.8 Å². The molecule has 6 heteroatoms. The van der Waals surface area contributed by atoms with E-state index in [1.807, 2.05) is 43.0 Å². The Labute approximate surface area is 173 Å². The summed E-state index contributed by atoms with van der Waals surface area (Å²) in [6.07, 6.45) is 1.69. The summed E-state index contributed by atoms with van der Waals surface area (Å²) in [6.45, 7) is 7.35. The molecule has 1 saturated heterocycles. The summed E-state index contributed by atoms with van der Waals surface area (Å²) in [4.78, 5) is 32.6. The number of likely N-dealkylation sites (N-methyl/N-ethyl adjacent to an activating group) is 1. The molecule has 0 saturated carbocycles. The third-order valence-electron chi connectivity index (χ3n) is 5.53. The lowest BCUT2D eigenvalue weighted by Gasteiger charge is -2.32. The molecule has 0 aliphatic carbocycles. The molecule has 1 aromatic heterocycles. The van der Waals surface area contributed by atoms with Gasteiger partial charge in [0.05, 0.1) is 5.92 Å². The number of aromatic amines is 1. The standard InChI is InChI=1S/C23H32N4O2/c1-17-14-18(2)25-21(17)23(29)27-12-7-10-20(16-27)22(28)24-11-13-26(3)15-19-8-5-4-6-9-19/h4-6,8-9,14,20,25H,7,10-13,15-16H2,1-3H3,(H,24,28). The Hall–Kier alpha value is -2.60. The van der Waals surface area contributed by atoms with Crippen LogP contribution in [0.25, 0.3) is 0 Å². The Kier molecular flexibility index (Phi) is 7.09. The first kappa shape index (κ1) is 21.1. The highest BCUT2D eigenvalue weighted by molar-refractivity contribution is 5.94. The van der Waals surface area contributed by atoms with Gasteiger partial charge in [0.15, 0.2) is 0 Å². The number of nitrogens with one attached hydrogen (secondary N) is 2. The van der Waals surface area contributed by atoms with E-state index in [9.17, 15) is 9.59 Å². The quantitative estimate of drug-likeness (QED) is 0.756. The zero-order valence-corrected chi connectivity index (χ0v) is 17.7.